The quantitative estimate of drug-likeness (QED) is 0.772. The van der Waals surface area contributed by atoms with Crippen molar-refractivity contribution in [1.82, 2.24) is 10.2 Å². The third kappa shape index (κ3) is 2.28. The third-order valence-electron chi connectivity index (χ3n) is 5.13. The van der Waals surface area contributed by atoms with E-state index in [0.29, 0.717) is 0 Å². The maximum absolute atomic E-state index is 3.84. The van der Waals surface area contributed by atoms with Crippen molar-refractivity contribution in [2.75, 3.05) is 26.2 Å². The number of hydrogen-bond donors (Lipinski definition) is 1. The van der Waals surface area contributed by atoms with Gasteiger partial charge in [-0.1, -0.05) is 12.8 Å². The maximum Gasteiger partial charge on any atom is 0.0195 e. The van der Waals surface area contributed by atoms with E-state index in [0.717, 1.165) is 11.5 Å². The summed E-state index contributed by atoms with van der Waals surface area (Å²) in [5.41, 5.74) is 0.724. The first kappa shape index (κ1) is 11.0. The number of rotatable bonds is 2. The first-order valence-electron chi connectivity index (χ1n) is 7.32. The maximum atomic E-state index is 3.84. The molecule has 1 atom stereocenters. The molecule has 1 N–H and O–H groups in total. The second-order valence-corrected chi connectivity index (χ2v) is 6.33. The number of nitrogens with zero attached hydrogens (tertiary/aromatic N) is 1. The van der Waals surface area contributed by atoms with Gasteiger partial charge >= 0.3 is 0 Å². The van der Waals surface area contributed by atoms with Gasteiger partial charge in [-0.15, -0.1) is 0 Å². The standard InChI is InChI=1S/C14H26N2/c1-2-7-14(6-1)8-5-13(15-12-14)11-16-9-3-4-10-16/h13,15H,1-12H2. The molecule has 2 heterocycles. The minimum atomic E-state index is 0.724. The van der Waals surface area contributed by atoms with Crippen molar-refractivity contribution >= 4 is 0 Å². The summed E-state index contributed by atoms with van der Waals surface area (Å²) >= 11 is 0. The molecule has 1 spiro atoms. The average molecular weight is 222 g/mol. The highest BCUT2D eigenvalue weighted by Gasteiger charge is 2.37. The molecule has 0 radical (unpaired) electrons. The molecule has 2 saturated heterocycles. The summed E-state index contributed by atoms with van der Waals surface area (Å²) in [6.45, 7) is 5.33. The average Bonchev–Trinajstić information content (AvgIpc) is 2.94. The number of piperidine rings is 1. The SMILES string of the molecule is C1CCN(CC2CCC3(CCCC3)CN2)C1. The zero-order valence-corrected chi connectivity index (χ0v) is 10.5. The molecule has 3 rings (SSSR count). The van der Waals surface area contributed by atoms with E-state index in [1.807, 2.05) is 0 Å². The van der Waals surface area contributed by atoms with Gasteiger partial charge in [-0.2, -0.15) is 0 Å². The van der Waals surface area contributed by atoms with Crippen molar-refractivity contribution < 1.29 is 0 Å². The molecule has 1 aliphatic carbocycles. The van der Waals surface area contributed by atoms with E-state index in [4.69, 9.17) is 0 Å². The van der Waals surface area contributed by atoms with Gasteiger partial charge in [0.1, 0.15) is 0 Å². The Bertz CT molecular complexity index is 217. The normalized spacial score (nSPS) is 34.9. The van der Waals surface area contributed by atoms with Crippen LogP contribution in [0.3, 0.4) is 0 Å². The summed E-state index contributed by atoms with van der Waals surface area (Å²) in [6, 6.07) is 0.796. The summed E-state index contributed by atoms with van der Waals surface area (Å²) in [6.07, 6.45) is 11.7. The Kier molecular flexibility index (Phi) is 3.21. The predicted molar refractivity (Wildman–Crippen MR) is 67.6 cm³/mol. The second-order valence-electron chi connectivity index (χ2n) is 6.33. The Morgan fingerprint density at radius 2 is 1.75 bits per heavy atom. The van der Waals surface area contributed by atoms with E-state index in [-0.39, 0.29) is 0 Å². The Morgan fingerprint density at radius 1 is 1.00 bits per heavy atom. The fourth-order valence-electron chi connectivity index (χ4n) is 4.02. The van der Waals surface area contributed by atoms with Crippen LogP contribution >= 0.6 is 0 Å². The van der Waals surface area contributed by atoms with Crippen molar-refractivity contribution in [3.63, 3.8) is 0 Å². The molecule has 2 heteroatoms. The topological polar surface area (TPSA) is 15.3 Å². The molecule has 1 unspecified atom stereocenters. The predicted octanol–water partition coefficient (Wildman–Crippen LogP) is 2.39. The van der Waals surface area contributed by atoms with E-state index in [1.165, 1.54) is 77.5 Å². The van der Waals surface area contributed by atoms with E-state index >= 15 is 0 Å². The van der Waals surface area contributed by atoms with Crippen molar-refractivity contribution in [2.24, 2.45) is 5.41 Å². The van der Waals surface area contributed by atoms with E-state index < -0.39 is 0 Å². The van der Waals surface area contributed by atoms with E-state index in [9.17, 15) is 0 Å². The zero-order chi connectivity index (χ0) is 10.8. The molecule has 16 heavy (non-hydrogen) atoms. The molecular weight excluding hydrogens is 196 g/mol. The van der Waals surface area contributed by atoms with Crippen LogP contribution in [0.25, 0.3) is 0 Å². The van der Waals surface area contributed by atoms with Gasteiger partial charge in [0.2, 0.25) is 0 Å². The van der Waals surface area contributed by atoms with Crippen LogP contribution in [0.5, 0.6) is 0 Å². The van der Waals surface area contributed by atoms with Gasteiger partial charge in [0.25, 0.3) is 0 Å². The molecule has 2 aliphatic heterocycles. The van der Waals surface area contributed by atoms with Crippen LogP contribution in [0.15, 0.2) is 0 Å². The zero-order valence-electron chi connectivity index (χ0n) is 10.5. The van der Waals surface area contributed by atoms with Crippen molar-refractivity contribution in [3.05, 3.63) is 0 Å². The largest absolute Gasteiger partial charge is 0.312 e. The highest BCUT2D eigenvalue weighted by atomic mass is 15.2. The minimum absolute atomic E-state index is 0.724. The highest BCUT2D eigenvalue weighted by molar-refractivity contribution is 4.93. The van der Waals surface area contributed by atoms with Crippen LogP contribution in [0, 0.1) is 5.41 Å². The molecule has 0 amide bonds. The fourth-order valence-corrected chi connectivity index (χ4v) is 4.02. The van der Waals surface area contributed by atoms with Crippen molar-refractivity contribution in [2.45, 2.75) is 57.4 Å². The van der Waals surface area contributed by atoms with Crippen LogP contribution in [-0.4, -0.2) is 37.1 Å². The highest BCUT2D eigenvalue weighted by Crippen LogP contribution is 2.43. The second kappa shape index (κ2) is 4.66. The Labute approximate surface area is 99.8 Å². The van der Waals surface area contributed by atoms with Crippen LogP contribution in [0.4, 0.5) is 0 Å². The third-order valence-corrected chi connectivity index (χ3v) is 5.13. The fraction of sp³-hybridized carbons (Fsp3) is 1.00. The van der Waals surface area contributed by atoms with E-state index in [2.05, 4.69) is 10.2 Å². The van der Waals surface area contributed by atoms with E-state index in [1.54, 1.807) is 0 Å². The molecule has 0 aromatic heterocycles. The van der Waals surface area contributed by atoms with Crippen LogP contribution < -0.4 is 5.32 Å². The van der Waals surface area contributed by atoms with Crippen LogP contribution in [-0.2, 0) is 0 Å². The van der Waals surface area contributed by atoms with Gasteiger partial charge in [0, 0.05) is 19.1 Å². The van der Waals surface area contributed by atoms with Gasteiger partial charge in [0.15, 0.2) is 0 Å². The molecular formula is C14H26N2. The monoisotopic (exact) mass is 222 g/mol. The molecule has 3 fully saturated rings. The lowest BCUT2D eigenvalue weighted by molar-refractivity contribution is 0.159. The Morgan fingerprint density at radius 3 is 2.38 bits per heavy atom. The first-order valence-corrected chi connectivity index (χ1v) is 7.32. The first-order chi connectivity index (χ1) is 7.86. The van der Waals surface area contributed by atoms with Crippen LogP contribution in [0.2, 0.25) is 0 Å². The smallest absolute Gasteiger partial charge is 0.0195 e. The molecule has 1 saturated carbocycles. The minimum Gasteiger partial charge on any atom is -0.312 e. The number of hydrogen-bond acceptors (Lipinski definition) is 2. The lowest BCUT2D eigenvalue weighted by Gasteiger charge is -2.39. The molecule has 92 valence electrons. The van der Waals surface area contributed by atoms with Crippen molar-refractivity contribution in [3.8, 4) is 0 Å². The molecule has 0 aromatic carbocycles. The molecule has 2 nitrogen and oxygen atoms in total. The van der Waals surface area contributed by atoms with Gasteiger partial charge in [-0.25, -0.2) is 0 Å². The van der Waals surface area contributed by atoms with Crippen molar-refractivity contribution in [1.29, 1.82) is 0 Å². The van der Waals surface area contributed by atoms with Gasteiger partial charge in [-0.05, 0) is 57.0 Å². The number of likely N-dealkylation sites (tertiary alicyclic amines) is 1. The number of nitrogens with one attached hydrogen (secondary N) is 1. The summed E-state index contributed by atoms with van der Waals surface area (Å²) in [5.74, 6) is 0. The Balaban J connectivity index is 1.46. The van der Waals surface area contributed by atoms with Gasteiger partial charge in [0.05, 0.1) is 0 Å². The molecule has 0 bridgehead atoms. The lowest BCUT2D eigenvalue weighted by atomic mass is 9.77. The van der Waals surface area contributed by atoms with Crippen LogP contribution in [0.1, 0.15) is 51.4 Å². The van der Waals surface area contributed by atoms with Gasteiger partial charge < -0.3 is 10.2 Å². The summed E-state index contributed by atoms with van der Waals surface area (Å²) in [7, 11) is 0. The lowest BCUT2D eigenvalue weighted by Crippen LogP contribution is -2.49. The molecule has 0 aromatic rings. The summed E-state index contributed by atoms with van der Waals surface area (Å²) < 4.78 is 0. The molecule has 3 aliphatic rings. The Hall–Kier alpha value is -0.0800. The summed E-state index contributed by atoms with van der Waals surface area (Å²) in [4.78, 5) is 2.66. The van der Waals surface area contributed by atoms with Gasteiger partial charge in [-0.3, -0.25) is 0 Å². The summed E-state index contributed by atoms with van der Waals surface area (Å²) in [5, 5.41) is 3.84.